The van der Waals surface area contributed by atoms with Gasteiger partial charge in [-0.25, -0.2) is 0 Å². The molecule has 2 heterocycles. The van der Waals surface area contributed by atoms with Gasteiger partial charge in [0.15, 0.2) is 0 Å². The maximum Gasteiger partial charge on any atom is 0.237 e. The Morgan fingerprint density at radius 2 is 2.00 bits per heavy atom. The van der Waals surface area contributed by atoms with Gasteiger partial charge in [0, 0.05) is 18.5 Å². The lowest BCUT2D eigenvalue weighted by Crippen LogP contribution is -2.50. The zero-order valence-electron chi connectivity index (χ0n) is 16.6. The molecule has 0 radical (unpaired) electrons. The van der Waals surface area contributed by atoms with Crippen molar-refractivity contribution in [2.24, 2.45) is 0 Å². The number of rotatable bonds is 7. The van der Waals surface area contributed by atoms with Crippen LogP contribution in [0.25, 0.3) is 11.4 Å². The minimum atomic E-state index is -0.248. The van der Waals surface area contributed by atoms with Crippen LogP contribution in [0.2, 0.25) is 0 Å². The van der Waals surface area contributed by atoms with Crippen molar-refractivity contribution < 1.29 is 18.8 Å². The van der Waals surface area contributed by atoms with E-state index in [-0.39, 0.29) is 17.4 Å². The van der Waals surface area contributed by atoms with Gasteiger partial charge in [-0.2, -0.15) is 4.98 Å². The average Bonchev–Trinajstić information content (AvgIpc) is 3.26. The maximum absolute atomic E-state index is 12.1. The fraction of sp³-hybridized carbons (Fsp3) is 0.286. The van der Waals surface area contributed by atoms with Crippen molar-refractivity contribution in [2.45, 2.75) is 23.7 Å². The number of hydrogen-bond acceptors (Lipinski definition) is 8. The molecule has 0 saturated carbocycles. The van der Waals surface area contributed by atoms with Crippen LogP contribution in [0.15, 0.2) is 53.1 Å². The molecule has 0 aliphatic carbocycles. The van der Waals surface area contributed by atoms with E-state index in [1.54, 1.807) is 20.3 Å². The Bertz CT molecular complexity index is 1010. The highest BCUT2D eigenvalue weighted by Gasteiger charge is 2.27. The number of ether oxygens (including phenoxy) is 2. The van der Waals surface area contributed by atoms with Crippen molar-refractivity contribution in [3.8, 4) is 22.9 Å². The first kappa shape index (κ1) is 20.2. The van der Waals surface area contributed by atoms with Crippen LogP contribution in [0.4, 0.5) is 0 Å². The van der Waals surface area contributed by atoms with E-state index in [0.717, 1.165) is 5.56 Å². The fourth-order valence-electron chi connectivity index (χ4n) is 3.22. The number of amides is 1. The van der Waals surface area contributed by atoms with Crippen LogP contribution in [-0.4, -0.2) is 35.8 Å². The minimum absolute atomic E-state index is 0.00860. The summed E-state index contributed by atoms with van der Waals surface area (Å²) in [6.07, 6.45) is 0.406. The molecule has 0 bridgehead atoms. The molecule has 2 unspecified atom stereocenters. The summed E-state index contributed by atoms with van der Waals surface area (Å²) in [6, 6.07) is 15.3. The molecule has 0 spiro atoms. The maximum atomic E-state index is 12.1. The van der Waals surface area contributed by atoms with Crippen LogP contribution < -0.4 is 20.1 Å². The van der Waals surface area contributed by atoms with Crippen molar-refractivity contribution in [2.75, 3.05) is 14.2 Å². The van der Waals surface area contributed by atoms with Crippen molar-refractivity contribution >= 4 is 17.7 Å². The van der Waals surface area contributed by atoms with E-state index in [2.05, 4.69) is 20.8 Å². The smallest absolute Gasteiger partial charge is 0.237 e. The standard InChI is InChI=1S/C21H22N4O4S/c1-27-14-8-9-15(17(10-14)28-2)20-24-19(29-25-20)12-30-21-22-16(11-18(26)23-21)13-6-4-3-5-7-13/h3-10,16,21-22H,11-12H2,1-2H3,(H,23,26). The summed E-state index contributed by atoms with van der Waals surface area (Å²) in [5.74, 6) is 2.64. The molecule has 1 fully saturated rings. The van der Waals surface area contributed by atoms with Crippen molar-refractivity contribution in [1.29, 1.82) is 0 Å². The second kappa shape index (κ2) is 9.19. The molecule has 156 valence electrons. The normalized spacial score (nSPS) is 18.7. The van der Waals surface area contributed by atoms with E-state index in [0.29, 0.717) is 41.0 Å². The third-order valence-electron chi connectivity index (χ3n) is 4.73. The van der Waals surface area contributed by atoms with Gasteiger partial charge in [0.25, 0.3) is 0 Å². The first-order valence-corrected chi connectivity index (χ1v) is 10.5. The van der Waals surface area contributed by atoms with Gasteiger partial charge in [-0.3, -0.25) is 10.1 Å². The highest BCUT2D eigenvalue weighted by Crippen LogP contribution is 2.32. The largest absolute Gasteiger partial charge is 0.497 e. The molecule has 3 aromatic rings. The first-order valence-electron chi connectivity index (χ1n) is 9.43. The van der Waals surface area contributed by atoms with Crippen LogP contribution in [-0.2, 0) is 10.5 Å². The van der Waals surface area contributed by atoms with E-state index in [9.17, 15) is 4.79 Å². The predicted molar refractivity (Wildman–Crippen MR) is 113 cm³/mol. The number of carbonyl (C=O) groups is 1. The molecule has 4 rings (SSSR count). The van der Waals surface area contributed by atoms with Gasteiger partial charge in [0.1, 0.15) is 17.0 Å². The summed E-state index contributed by atoms with van der Waals surface area (Å²) in [4.78, 5) is 16.6. The fourth-order valence-corrected chi connectivity index (χ4v) is 4.13. The van der Waals surface area contributed by atoms with Crippen LogP contribution in [0, 0.1) is 0 Å². The van der Waals surface area contributed by atoms with Crippen LogP contribution in [0.5, 0.6) is 11.5 Å². The lowest BCUT2D eigenvalue weighted by atomic mass is 10.0. The van der Waals surface area contributed by atoms with Gasteiger partial charge in [-0.05, 0) is 17.7 Å². The summed E-state index contributed by atoms with van der Waals surface area (Å²) in [5, 5.41) is 10.5. The van der Waals surface area contributed by atoms with Crippen LogP contribution in [0.3, 0.4) is 0 Å². The van der Waals surface area contributed by atoms with Crippen LogP contribution in [0.1, 0.15) is 23.9 Å². The quantitative estimate of drug-likeness (QED) is 0.595. The Kier molecular flexibility index (Phi) is 6.20. The zero-order chi connectivity index (χ0) is 20.9. The second-order valence-electron chi connectivity index (χ2n) is 6.67. The molecule has 1 saturated heterocycles. The zero-order valence-corrected chi connectivity index (χ0v) is 17.4. The van der Waals surface area contributed by atoms with Crippen LogP contribution >= 0.6 is 11.8 Å². The monoisotopic (exact) mass is 426 g/mol. The van der Waals surface area contributed by atoms with Gasteiger partial charge in [0.2, 0.25) is 17.6 Å². The molecule has 2 N–H and O–H groups in total. The number of aromatic nitrogens is 2. The molecule has 9 heteroatoms. The van der Waals surface area contributed by atoms with Gasteiger partial charge in [-0.1, -0.05) is 35.5 Å². The number of thioether (sulfide) groups is 1. The molecule has 2 atom stereocenters. The van der Waals surface area contributed by atoms with Gasteiger partial charge >= 0.3 is 0 Å². The third kappa shape index (κ3) is 4.58. The average molecular weight is 426 g/mol. The summed E-state index contributed by atoms with van der Waals surface area (Å²) in [7, 11) is 3.17. The molecular weight excluding hydrogens is 404 g/mol. The molecule has 8 nitrogen and oxygen atoms in total. The van der Waals surface area contributed by atoms with E-state index >= 15 is 0 Å². The molecule has 2 aromatic carbocycles. The summed E-state index contributed by atoms with van der Waals surface area (Å²) < 4.78 is 16.0. The highest BCUT2D eigenvalue weighted by molar-refractivity contribution is 7.99. The Morgan fingerprint density at radius 1 is 1.17 bits per heavy atom. The SMILES string of the molecule is COc1ccc(-c2noc(CSC3NC(=O)CC(c4ccccc4)N3)n2)c(OC)c1. The first-order chi connectivity index (χ1) is 14.7. The number of benzene rings is 2. The predicted octanol–water partition coefficient (Wildman–Crippen LogP) is 3.12. The highest BCUT2D eigenvalue weighted by atomic mass is 32.2. The Labute approximate surface area is 178 Å². The van der Waals surface area contributed by atoms with E-state index in [1.165, 1.54) is 11.8 Å². The van der Waals surface area contributed by atoms with Crippen molar-refractivity contribution in [3.63, 3.8) is 0 Å². The summed E-state index contributed by atoms with van der Waals surface area (Å²) >= 11 is 1.49. The number of carbonyl (C=O) groups excluding carboxylic acids is 1. The Hall–Kier alpha value is -3.04. The third-order valence-corrected chi connectivity index (χ3v) is 5.73. The van der Waals surface area contributed by atoms with Crippen molar-refractivity contribution in [1.82, 2.24) is 20.8 Å². The van der Waals surface area contributed by atoms with Crippen molar-refractivity contribution in [3.05, 3.63) is 60.0 Å². The molecule has 1 aliphatic rings. The summed E-state index contributed by atoms with van der Waals surface area (Å²) in [5.41, 5.74) is 1.55. The molecule has 1 aliphatic heterocycles. The van der Waals surface area contributed by atoms with E-state index < -0.39 is 0 Å². The second-order valence-corrected chi connectivity index (χ2v) is 7.76. The lowest BCUT2D eigenvalue weighted by Gasteiger charge is -2.31. The Morgan fingerprint density at radius 3 is 2.77 bits per heavy atom. The lowest BCUT2D eigenvalue weighted by molar-refractivity contribution is -0.123. The van der Waals surface area contributed by atoms with Gasteiger partial charge in [-0.15, -0.1) is 11.8 Å². The summed E-state index contributed by atoms with van der Waals surface area (Å²) in [6.45, 7) is 0. The topological polar surface area (TPSA) is 98.5 Å². The number of hydrogen-bond donors (Lipinski definition) is 2. The molecular formula is C21H22N4O4S. The van der Waals surface area contributed by atoms with Gasteiger partial charge < -0.3 is 19.3 Å². The van der Waals surface area contributed by atoms with E-state index in [4.69, 9.17) is 14.0 Å². The number of nitrogens with one attached hydrogen (secondary N) is 2. The Balaban J connectivity index is 1.41. The van der Waals surface area contributed by atoms with E-state index in [1.807, 2.05) is 42.5 Å². The molecule has 1 amide bonds. The molecule has 1 aromatic heterocycles. The van der Waals surface area contributed by atoms with Gasteiger partial charge in [0.05, 0.1) is 25.5 Å². The number of methoxy groups -OCH3 is 2. The minimum Gasteiger partial charge on any atom is -0.497 e. The number of nitrogens with zero attached hydrogens (tertiary/aromatic N) is 2. The molecule has 30 heavy (non-hydrogen) atoms.